The number of aromatic hydroxyl groups is 1. The van der Waals surface area contributed by atoms with Gasteiger partial charge >= 0.3 is 0 Å². The van der Waals surface area contributed by atoms with Crippen molar-refractivity contribution in [3.63, 3.8) is 0 Å². The minimum atomic E-state index is -3.76. The molecule has 0 radical (unpaired) electrons. The molecule has 0 aliphatic carbocycles. The Hall–Kier alpha value is -2.00. The molecule has 0 saturated heterocycles. The van der Waals surface area contributed by atoms with E-state index in [0.717, 1.165) is 6.42 Å². The molecule has 0 saturated carbocycles. The molecule has 0 aromatic heterocycles. The maximum Gasteiger partial charge on any atom is 0.255 e. The third-order valence-electron chi connectivity index (χ3n) is 4.73. The second kappa shape index (κ2) is 10.5. The standard InChI is InChI=1S/C21H26Cl2N2O5S/c1-5-8-13-9-15(31(28,29)25(6-2)7-3)12-18(20(13)30-4)24-21(27)14-10-16(22)19(26)17(23)11-14/h9-12,26H,5-8H2,1-4H3,(H,24,27). The van der Waals surface area contributed by atoms with Crippen molar-refractivity contribution in [2.24, 2.45) is 0 Å². The van der Waals surface area contributed by atoms with Gasteiger partial charge in [0.2, 0.25) is 10.0 Å². The Morgan fingerprint density at radius 2 is 1.68 bits per heavy atom. The number of halogens is 2. The predicted octanol–water partition coefficient (Wildman–Crippen LogP) is 4.94. The van der Waals surface area contributed by atoms with E-state index in [0.29, 0.717) is 30.8 Å². The van der Waals surface area contributed by atoms with Crippen molar-refractivity contribution in [3.8, 4) is 11.5 Å². The van der Waals surface area contributed by atoms with E-state index in [9.17, 15) is 18.3 Å². The molecular weight excluding hydrogens is 463 g/mol. The molecule has 0 aliphatic rings. The van der Waals surface area contributed by atoms with Gasteiger partial charge in [0.05, 0.1) is 27.7 Å². The number of ether oxygens (including phenoxy) is 1. The number of amides is 1. The number of methoxy groups -OCH3 is 1. The summed E-state index contributed by atoms with van der Waals surface area (Å²) in [7, 11) is -2.30. The SMILES string of the molecule is CCCc1cc(S(=O)(=O)N(CC)CC)cc(NC(=O)c2cc(Cl)c(O)c(Cl)c2)c1OC. The van der Waals surface area contributed by atoms with E-state index >= 15 is 0 Å². The van der Waals surface area contributed by atoms with E-state index in [-0.39, 0.29) is 31.9 Å². The largest absolute Gasteiger partial charge is 0.505 e. The van der Waals surface area contributed by atoms with E-state index in [1.165, 1.54) is 29.6 Å². The van der Waals surface area contributed by atoms with Gasteiger partial charge in [0.1, 0.15) is 5.75 Å². The van der Waals surface area contributed by atoms with Gasteiger partial charge in [-0.1, -0.05) is 50.4 Å². The van der Waals surface area contributed by atoms with Crippen LogP contribution in [-0.4, -0.2) is 43.9 Å². The number of sulfonamides is 1. The van der Waals surface area contributed by atoms with Gasteiger partial charge in [-0.25, -0.2) is 8.42 Å². The molecule has 2 N–H and O–H groups in total. The van der Waals surface area contributed by atoms with Gasteiger partial charge in [-0.2, -0.15) is 4.31 Å². The number of anilines is 1. The number of phenols is 1. The third-order valence-corrected chi connectivity index (χ3v) is 7.34. The number of phenolic OH excluding ortho intramolecular Hbond substituents is 1. The van der Waals surface area contributed by atoms with Gasteiger partial charge in [-0.3, -0.25) is 4.79 Å². The lowest BCUT2D eigenvalue weighted by Crippen LogP contribution is -2.30. The van der Waals surface area contributed by atoms with Gasteiger partial charge in [0.15, 0.2) is 5.75 Å². The Morgan fingerprint density at radius 1 is 1.10 bits per heavy atom. The minimum Gasteiger partial charge on any atom is -0.505 e. The Morgan fingerprint density at radius 3 is 2.16 bits per heavy atom. The predicted molar refractivity (Wildman–Crippen MR) is 123 cm³/mol. The molecule has 1 amide bonds. The van der Waals surface area contributed by atoms with Crippen LogP contribution < -0.4 is 10.1 Å². The van der Waals surface area contributed by atoms with Crippen molar-refractivity contribution in [1.29, 1.82) is 0 Å². The monoisotopic (exact) mass is 488 g/mol. The number of nitrogens with zero attached hydrogens (tertiary/aromatic N) is 1. The number of hydrogen-bond acceptors (Lipinski definition) is 5. The fourth-order valence-electron chi connectivity index (χ4n) is 3.20. The van der Waals surface area contributed by atoms with Crippen LogP contribution in [0.1, 0.15) is 43.1 Å². The van der Waals surface area contributed by atoms with Crippen molar-refractivity contribution >= 4 is 44.8 Å². The summed E-state index contributed by atoms with van der Waals surface area (Å²) in [5, 5.41) is 12.3. The van der Waals surface area contributed by atoms with E-state index < -0.39 is 15.9 Å². The first-order valence-corrected chi connectivity index (χ1v) is 12.0. The lowest BCUT2D eigenvalue weighted by Gasteiger charge is -2.21. The zero-order chi connectivity index (χ0) is 23.3. The zero-order valence-corrected chi connectivity index (χ0v) is 20.2. The number of hydrogen-bond donors (Lipinski definition) is 2. The number of benzene rings is 2. The summed E-state index contributed by atoms with van der Waals surface area (Å²) in [5.74, 6) is -0.526. The van der Waals surface area contributed by atoms with Crippen LogP contribution in [-0.2, 0) is 16.4 Å². The third kappa shape index (κ3) is 5.44. The summed E-state index contributed by atoms with van der Waals surface area (Å²) in [6, 6.07) is 5.51. The quantitative estimate of drug-likeness (QED) is 0.520. The van der Waals surface area contributed by atoms with Crippen LogP contribution in [0.25, 0.3) is 0 Å². The zero-order valence-electron chi connectivity index (χ0n) is 17.8. The van der Waals surface area contributed by atoms with Crippen molar-refractivity contribution < 1.29 is 23.1 Å². The van der Waals surface area contributed by atoms with Crippen molar-refractivity contribution in [2.45, 2.75) is 38.5 Å². The molecule has 2 rings (SSSR count). The van der Waals surface area contributed by atoms with Crippen LogP contribution in [0, 0.1) is 0 Å². The molecule has 0 fully saturated rings. The summed E-state index contributed by atoms with van der Waals surface area (Å²) >= 11 is 11.8. The molecule has 0 unspecified atom stereocenters. The van der Waals surface area contributed by atoms with Crippen LogP contribution in [0.15, 0.2) is 29.2 Å². The molecule has 0 atom stereocenters. The van der Waals surface area contributed by atoms with E-state index in [4.69, 9.17) is 27.9 Å². The fourth-order valence-corrected chi connectivity index (χ4v) is 5.22. The molecule has 7 nitrogen and oxygen atoms in total. The molecule has 0 heterocycles. The Balaban J connectivity index is 2.60. The maximum absolute atomic E-state index is 13.1. The first kappa shape index (κ1) is 25.3. The number of rotatable bonds is 9. The Bertz CT molecular complexity index is 1050. The van der Waals surface area contributed by atoms with E-state index in [2.05, 4.69) is 5.32 Å². The summed E-state index contributed by atoms with van der Waals surface area (Å²) in [5.41, 5.74) is 0.976. The molecule has 0 aliphatic heterocycles. The highest BCUT2D eigenvalue weighted by Gasteiger charge is 2.25. The van der Waals surface area contributed by atoms with Crippen molar-refractivity contribution in [3.05, 3.63) is 45.4 Å². The summed E-state index contributed by atoms with van der Waals surface area (Å²) in [6.07, 6.45) is 1.31. The first-order chi connectivity index (χ1) is 14.6. The molecule has 0 spiro atoms. The van der Waals surface area contributed by atoms with E-state index in [1.54, 1.807) is 19.9 Å². The minimum absolute atomic E-state index is 0.0671. The first-order valence-electron chi connectivity index (χ1n) is 9.80. The Labute approximate surface area is 193 Å². The van der Waals surface area contributed by atoms with Crippen LogP contribution >= 0.6 is 23.2 Å². The molecule has 0 bridgehead atoms. The van der Waals surface area contributed by atoms with Gasteiger partial charge in [0, 0.05) is 18.7 Å². The van der Waals surface area contributed by atoms with E-state index in [1.807, 2.05) is 6.92 Å². The van der Waals surface area contributed by atoms with Crippen LogP contribution in [0.5, 0.6) is 11.5 Å². The molecule has 2 aromatic rings. The molecule has 170 valence electrons. The fraction of sp³-hybridized carbons (Fsp3) is 0.381. The van der Waals surface area contributed by atoms with Gasteiger partial charge in [0.25, 0.3) is 5.91 Å². The highest BCUT2D eigenvalue weighted by molar-refractivity contribution is 7.89. The van der Waals surface area contributed by atoms with Gasteiger partial charge in [-0.15, -0.1) is 0 Å². The summed E-state index contributed by atoms with van der Waals surface area (Å²) < 4.78 is 33.0. The van der Waals surface area contributed by atoms with Crippen LogP contribution in [0.4, 0.5) is 5.69 Å². The highest BCUT2D eigenvalue weighted by Crippen LogP contribution is 2.36. The number of nitrogens with one attached hydrogen (secondary N) is 1. The van der Waals surface area contributed by atoms with Gasteiger partial charge in [-0.05, 0) is 36.2 Å². The average molecular weight is 489 g/mol. The number of carbonyl (C=O) groups excluding carboxylic acids is 1. The van der Waals surface area contributed by atoms with Crippen LogP contribution in [0.2, 0.25) is 10.0 Å². The van der Waals surface area contributed by atoms with Gasteiger partial charge < -0.3 is 15.2 Å². The van der Waals surface area contributed by atoms with Crippen molar-refractivity contribution in [1.82, 2.24) is 4.31 Å². The highest BCUT2D eigenvalue weighted by atomic mass is 35.5. The second-order valence-electron chi connectivity index (χ2n) is 6.75. The maximum atomic E-state index is 13.1. The molecule has 2 aromatic carbocycles. The lowest BCUT2D eigenvalue weighted by molar-refractivity contribution is 0.102. The summed E-state index contributed by atoms with van der Waals surface area (Å²) in [4.78, 5) is 12.9. The number of carbonyl (C=O) groups is 1. The van der Waals surface area contributed by atoms with Crippen LogP contribution in [0.3, 0.4) is 0 Å². The molecular formula is C21H26Cl2N2O5S. The topological polar surface area (TPSA) is 95.9 Å². The normalized spacial score (nSPS) is 11.6. The lowest BCUT2D eigenvalue weighted by atomic mass is 10.1. The number of aryl methyl sites for hydroxylation is 1. The smallest absolute Gasteiger partial charge is 0.255 e. The summed E-state index contributed by atoms with van der Waals surface area (Å²) in [6.45, 7) is 6.13. The average Bonchev–Trinajstić information content (AvgIpc) is 2.72. The van der Waals surface area contributed by atoms with Crippen molar-refractivity contribution in [2.75, 3.05) is 25.5 Å². The second-order valence-corrected chi connectivity index (χ2v) is 9.50. The molecule has 10 heteroatoms. The Kier molecular flexibility index (Phi) is 8.59. The molecule has 31 heavy (non-hydrogen) atoms.